The fourth-order valence-corrected chi connectivity index (χ4v) is 1.90. The van der Waals surface area contributed by atoms with E-state index in [0.717, 1.165) is 19.3 Å². The Morgan fingerprint density at radius 2 is 1.74 bits per heavy atom. The number of nitrogens with two attached hydrogens (primary N) is 3. The van der Waals surface area contributed by atoms with E-state index in [0.29, 0.717) is 11.3 Å². The Morgan fingerprint density at radius 1 is 1.11 bits per heavy atom. The Bertz CT molecular complexity index is 524. The summed E-state index contributed by atoms with van der Waals surface area (Å²) in [5, 5.41) is 0. The molecule has 2 rings (SSSR count). The SMILES string of the molecule is NC(N)=NC(N)=Nc1ccc(C(=O)C2CCC2)cc1. The van der Waals surface area contributed by atoms with Crippen molar-refractivity contribution in [3.05, 3.63) is 29.8 Å². The highest BCUT2D eigenvalue weighted by Gasteiger charge is 2.25. The van der Waals surface area contributed by atoms with Gasteiger partial charge < -0.3 is 17.2 Å². The number of carbonyl (C=O) groups excluding carboxylic acids is 1. The maximum Gasteiger partial charge on any atom is 0.223 e. The number of guanidine groups is 2. The molecule has 0 saturated heterocycles. The largest absolute Gasteiger partial charge is 0.370 e. The molecule has 1 saturated carbocycles. The van der Waals surface area contributed by atoms with Crippen LogP contribution in [0.2, 0.25) is 0 Å². The molecule has 6 nitrogen and oxygen atoms in total. The highest BCUT2D eigenvalue weighted by atomic mass is 16.1. The smallest absolute Gasteiger partial charge is 0.223 e. The summed E-state index contributed by atoms with van der Waals surface area (Å²) in [6, 6.07) is 6.95. The zero-order valence-corrected chi connectivity index (χ0v) is 10.5. The van der Waals surface area contributed by atoms with Gasteiger partial charge in [0.25, 0.3) is 0 Å². The maximum absolute atomic E-state index is 12.0. The van der Waals surface area contributed by atoms with Crippen molar-refractivity contribution in [3.63, 3.8) is 0 Å². The van der Waals surface area contributed by atoms with Gasteiger partial charge in [-0.3, -0.25) is 4.79 Å². The minimum Gasteiger partial charge on any atom is -0.370 e. The second-order valence-electron chi connectivity index (χ2n) is 4.55. The van der Waals surface area contributed by atoms with Crippen LogP contribution in [-0.2, 0) is 0 Å². The molecular formula is C13H17N5O. The van der Waals surface area contributed by atoms with Crippen molar-refractivity contribution in [3.8, 4) is 0 Å². The lowest BCUT2D eigenvalue weighted by atomic mass is 9.80. The summed E-state index contributed by atoms with van der Waals surface area (Å²) in [7, 11) is 0. The lowest BCUT2D eigenvalue weighted by molar-refractivity contribution is 0.0855. The van der Waals surface area contributed by atoms with Crippen molar-refractivity contribution in [1.82, 2.24) is 0 Å². The van der Waals surface area contributed by atoms with E-state index in [1.165, 1.54) is 0 Å². The summed E-state index contributed by atoms with van der Waals surface area (Å²) in [5.41, 5.74) is 17.2. The lowest BCUT2D eigenvalue weighted by Gasteiger charge is -2.23. The molecule has 0 bridgehead atoms. The van der Waals surface area contributed by atoms with Gasteiger partial charge in [0.15, 0.2) is 11.7 Å². The van der Waals surface area contributed by atoms with Crippen LogP contribution in [0, 0.1) is 5.92 Å². The molecule has 0 heterocycles. The summed E-state index contributed by atoms with van der Waals surface area (Å²) >= 11 is 0. The number of nitrogens with zero attached hydrogens (tertiary/aromatic N) is 2. The summed E-state index contributed by atoms with van der Waals surface area (Å²) < 4.78 is 0. The average Bonchev–Trinajstić information content (AvgIpc) is 2.26. The molecule has 0 aromatic heterocycles. The molecule has 0 spiro atoms. The van der Waals surface area contributed by atoms with Crippen LogP contribution < -0.4 is 17.2 Å². The minimum atomic E-state index is -0.141. The highest BCUT2D eigenvalue weighted by molar-refractivity contribution is 5.98. The standard InChI is InChI=1S/C13H17N5O/c14-12(15)18-13(16)17-10-6-4-9(5-7-10)11(19)8-2-1-3-8/h4-8H,1-3H2,(H6,14,15,16,17,18). The Kier molecular flexibility index (Phi) is 3.79. The number of benzene rings is 1. The number of Topliss-reactive ketones (excluding diaryl/α,β-unsaturated/α-hetero) is 1. The van der Waals surface area contributed by atoms with Crippen LogP contribution in [0.3, 0.4) is 0 Å². The van der Waals surface area contributed by atoms with Crippen molar-refractivity contribution >= 4 is 23.4 Å². The van der Waals surface area contributed by atoms with E-state index in [-0.39, 0.29) is 23.6 Å². The van der Waals surface area contributed by atoms with Crippen molar-refractivity contribution in [2.75, 3.05) is 0 Å². The lowest BCUT2D eigenvalue weighted by Crippen LogP contribution is -2.26. The molecular weight excluding hydrogens is 242 g/mol. The third kappa shape index (κ3) is 3.31. The number of rotatable bonds is 3. The number of hydrogen-bond donors (Lipinski definition) is 3. The number of aliphatic imine (C=N–C) groups is 2. The molecule has 0 amide bonds. The van der Waals surface area contributed by atoms with Gasteiger partial charge in [-0.1, -0.05) is 6.42 Å². The van der Waals surface area contributed by atoms with E-state index >= 15 is 0 Å². The van der Waals surface area contributed by atoms with E-state index in [9.17, 15) is 4.79 Å². The molecule has 6 heteroatoms. The molecule has 6 N–H and O–H groups in total. The van der Waals surface area contributed by atoms with Crippen LogP contribution in [0.1, 0.15) is 29.6 Å². The fourth-order valence-electron chi connectivity index (χ4n) is 1.90. The van der Waals surface area contributed by atoms with E-state index < -0.39 is 0 Å². The number of ketones is 1. The Balaban J connectivity index is 2.10. The minimum absolute atomic E-state index is 0.0157. The molecule has 1 aliphatic rings. The van der Waals surface area contributed by atoms with Crippen LogP contribution in [0.25, 0.3) is 0 Å². The predicted molar refractivity (Wildman–Crippen MR) is 75.2 cm³/mol. The zero-order valence-electron chi connectivity index (χ0n) is 10.5. The van der Waals surface area contributed by atoms with Crippen LogP contribution in [0.4, 0.5) is 5.69 Å². The summed E-state index contributed by atoms with van der Waals surface area (Å²) in [4.78, 5) is 19.6. The summed E-state index contributed by atoms with van der Waals surface area (Å²) in [6.07, 6.45) is 3.14. The van der Waals surface area contributed by atoms with Gasteiger partial charge >= 0.3 is 0 Å². The average molecular weight is 259 g/mol. The summed E-state index contributed by atoms with van der Waals surface area (Å²) in [6.45, 7) is 0. The molecule has 0 radical (unpaired) electrons. The predicted octanol–water partition coefficient (Wildman–Crippen LogP) is 0.889. The molecule has 0 unspecified atom stereocenters. The van der Waals surface area contributed by atoms with E-state index in [4.69, 9.17) is 17.2 Å². The van der Waals surface area contributed by atoms with Crippen molar-refractivity contribution in [2.45, 2.75) is 19.3 Å². The van der Waals surface area contributed by atoms with Gasteiger partial charge in [-0.2, -0.15) is 4.99 Å². The first-order chi connectivity index (χ1) is 9.06. The Morgan fingerprint density at radius 3 is 2.21 bits per heavy atom. The third-order valence-electron chi connectivity index (χ3n) is 3.12. The second-order valence-corrected chi connectivity index (χ2v) is 4.55. The Labute approximate surface area is 111 Å². The van der Waals surface area contributed by atoms with E-state index in [2.05, 4.69) is 9.98 Å². The van der Waals surface area contributed by atoms with Gasteiger partial charge in [-0.05, 0) is 37.1 Å². The molecule has 0 aliphatic heterocycles. The normalized spacial score (nSPS) is 15.7. The van der Waals surface area contributed by atoms with Crippen LogP contribution >= 0.6 is 0 Å². The third-order valence-corrected chi connectivity index (χ3v) is 3.12. The first-order valence-corrected chi connectivity index (χ1v) is 6.14. The van der Waals surface area contributed by atoms with Crippen LogP contribution in [0.15, 0.2) is 34.3 Å². The Hall–Kier alpha value is -2.37. The monoisotopic (exact) mass is 259 g/mol. The van der Waals surface area contributed by atoms with Crippen molar-refractivity contribution < 1.29 is 4.79 Å². The van der Waals surface area contributed by atoms with Gasteiger partial charge in [-0.15, -0.1) is 0 Å². The molecule has 0 atom stereocenters. The van der Waals surface area contributed by atoms with Crippen molar-refractivity contribution in [2.24, 2.45) is 33.1 Å². The van der Waals surface area contributed by atoms with Crippen LogP contribution in [-0.4, -0.2) is 17.7 Å². The van der Waals surface area contributed by atoms with Crippen molar-refractivity contribution in [1.29, 1.82) is 0 Å². The first kappa shape index (κ1) is 13.1. The van der Waals surface area contributed by atoms with Gasteiger partial charge in [0.05, 0.1) is 5.69 Å². The highest BCUT2D eigenvalue weighted by Crippen LogP contribution is 2.30. The molecule has 19 heavy (non-hydrogen) atoms. The van der Waals surface area contributed by atoms with Gasteiger partial charge in [0.2, 0.25) is 5.96 Å². The molecule has 100 valence electrons. The molecule has 1 aromatic carbocycles. The quantitative estimate of drug-likeness (QED) is 0.424. The number of hydrogen-bond acceptors (Lipinski definition) is 2. The summed E-state index contributed by atoms with van der Waals surface area (Å²) in [5.74, 6) is 0.246. The molecule has 1 aliphatic carbocycles. The number of carbonyl (C=O) groups is 1. The van der Waals surface area contributed by atoms with Gasteiger partial charge in [-0.25, -0.2) is 4.99 Å². The van der Waals surface area contributed by atoms with Crippen LogP contribution in [0.5, 0.6) is 0 Å². The zero-order chi connectivity index (χ0) is 13.8. The molecule has 1 aromatic rings. The first-order valence-electron chi connectivity index (χ1n) is 6.14. The van der Waals surface area contributed by atoms with E-state index in [1.54, 1.807) is 24.3 Å². The van der Waals surface area contributed by atoms with E-state index in [1.807, 2.05) is 0 Å². The maximum atomic E-state index is 12.0. The van der Waals surface area contributed by atoms with Gasteiger partial charge in [0, 0.05) is 11.5 Å². The van der Waals surface area contributed by atoms with Gasteiger partial charge in [0.1, 0.15) is 0 Å². The topological polar surface area (TPSA) is 120 Å². The second kappa shape index (κ2) is 5.51. The molecule has 1 fully saturated rings. The fraction of sp³-hybridized carbons (Fsp3) is 0.308.